The van der Waals surface area contributed by atoms with Crippen LogP contribution in [0.1, 0.15) is 29.2 Å². The Bertz CT molecular complexity index is 1070. The molecule has 0 unspecified atom stereocenters. The molecule has 3 aromatic rings. The third-order valence-corrected chi connectivity index (χ3v) is 6.00. The molecule has 0 aliphatic carbocycles. The molecule has 9 heteroatoms. The van der Waals surface area contributed by atoms with Crippen molar-refractivity contribution in [2.45, 2.75) is 31.7 Å². The predicted molar refractivity (Wildman–Crippen MR) is 130 cm³/mol. The van der Waals surface area contributed by atoms with Crippen LogP contribution in [0.15, 0.2) is 48.8 Å². The zero-order valence-electron chi connectivity index (χ0n) is 20.4. The Balaban J connectivity index is 1.66. The van der Waals surface area contributed by atoms with Gasteiger partial charge >= 0.3 is 0 Å². The first kappa shape index (κ1) is 24.6. The van der Waals surface area contributed by atoms with E-state index in [1.807, 2.05) is 41.3 Å². The van der Waals surface area contributed by atoms with Crippen LogP contribution in [0.4, 0.5) is 5.95 Å². The molecular formula is C26H31N3O6. The summed E-state index contributed by atoms with van der Waals surface area (Å²) in [5.74, 6) is 3.40. The van der Waals surface area contributed by atoms with Gasteiger partial charge in [0.15, 0.2) is 0 Å². The summed E-state index contributed by atoms with van der Waals surface area (Å²) in [4.78, 5) is 11.3. The van der Waals surface area contributed by atoms with E-state index in [0.717, 1.165) is 16.7 Å². The number of nitrogens with zero attached hydrogens (tertiary/aromatic N) is 3. The molecule has 1 N–H and O–H groups in total. The second kappa shape index (κ2) is 11.2. The van der Waals surface area contributed by atoms with Gasteiger partial charge in [-0.2, -0.15) is 0 Å². The Morgan fingerprint density at radius 3 is 1.83 bits per heavy atom. The van der Waals surface area contributed by atoms with E-state index in [0.29, 0.717) is 55.1 Å². The van der Waals surface area contributed by atoms with Crippen molar-refractivity contribution in [3.63, 3.8) is 0 Å². The van der Waals surface area contributed by atoms with Gasteiger partial charge in [0.1, 0.15) is 23.0 Å². The average molecular weight is 482 g/mol. The maximum Gasteiger partial charge on any atom is 0.225 e. The van der Waals surface area contributed by atoms with E-state index in [4.69, 9.17) is 23.7 Å². The van der Waals surface area contributed by atoms with E-state index in [1.54, 1.807) is 40.8 Å². The summed E-state index contributed by atoms with van der Waals surface area (Å²) in [5, 5.41) is 9.79. The molecule has 0 amide bonds. The van der Waals surface area contributed by atoms with Crippen LogP contribution in [0.5, 0.6) is 23.0 Å². The van der Waals surface area contributed by atoms with Crippen molar-refractivity contribution < 1.29 is 28.8 Å². The van der Waals surface area contributed by atoms with Crippen LogP contribution in [-0.2, 0) is 17.8 Å². The molecular weight excluding hydrogens is 450 g/mol. The van der Waals surface area contributed by atoms with Gasteiger partial charge in [-0.05, 0) is 24.3 Å². The number of hydrogen-bond donors (Lipinski definition) is 1. The molecule has 2 heterocycles. The molecule has 0 spiro atoms. The number of methoxy groups -OCH3 is 4. The molecule has 1 aromatic heterocycles. The van der Waals surface area contributed by atoms with Crippen LogP contribution in [-0.4, -0.2) is 56.2 Å². The zero-order valence-corrected chi connectivity index (χ0v) is 20.4. The minimum absolute atomic E-state index is 0.198. The Morgan fingerprint density at radius 1 is 0.857 bits per heavy atom. The van der Waals surface area contributed by atoms with E-state index in [1.165, 1.54) is 0 Å². The van der Waals surface area contributed by atoms with Gasteiger partial charge in [0.25, 0.3) is 0 Å². The molecule has 35 heavy (non-hydrogen) atoms. The summed E-state index contributed by atoms with van der Waals surface area (Å²) in [6.45, 7) is 1.30. The third kappa shape index (κ3) is 5.75. The average Bonchev–Trinajstić information content (AvgIpc) is 3.34. The van der Waals surface area contributed by atoms with Gasteiger partial charge in [0.2, 0.25) is 5.95 Å². The van der Waals surface area contributed by atoms with E-state index in [9.17, 15) is 5.11 Å². The van der Waals surface area contributed by atoms with Gasteiger partial charge < -0.3 is 33.7 Å². The quantitative estimate of drug-likeness (QED) is 0.466. The summed E-state index contributed by atoms with van der Waals surface area (Å²) < 4.78 is 27.6. The Labute approximate surface area is 205 Å². The second-order valence-electron chi connectivity index (χ2n) is 8.24. The van der Waals surface area contributed by atoms with Gasteiger partial charge in [0.05, 0.1) is 47.3 Å². The number of ether oxygens (including phenoxy) is 5. The number of benzene rings is 2. The lowest BCUT2D eigenvalue weighted by molar-refractivity contribution is 0.0885. The minimum atomic E-state index is -0.457. The molecule has 2 aromatic carbocycles. The van der Waals surface area contributed by atoms with Crippen LogP contribution in [0, 0.1) is 0 Å². The highest BCUT2D eigenvalue weighted by molar-refractivity contribution is 5.47. The van der Waals surface area contributed by atoms with Crippen LogP contribution >= 0.6 is 0 Å². The van der Waals surface area contributed by atoms with Crippen molar-refractivity contribution in [3.05, 3.63) is 65.5 Å². The van der Waals surface area contributed by atoms with Crippen LogP contribution in [0.3, 0.4) is 0 Å². The fourth-order valence-corrected chi connectivity index (χ4v) is 4.08. The predicted octanol–water partition coefficient (Wildman–Crippen LogP) is 3.54. The van der Waals surface area contributed by atoms with E-state index >= 15 is 0 Å². The molecule has 0 radical (unpaired) electrons. The van der Waals surface area contributed by atoms with E-state index < -0.39 is 6.10 Å². The maximum absolute atomic E-state index is 9.79. The summed E-state index contributed by atoms with van der Waals surface area (Å²) >= 11 is 0. The van der Waals surface area contributed by atoms with Crippen molar-refractivity contribution in [2.24, 2.45) is 0 Å². The van der Waals surface area contributed by atoms with Crippen LogP contribution in [0.2, 0.25) is 0 Å². The highest BCUT2D eigenvalue weighted by atomic mass is 16.5. The Morgan fingerprint density at radius 2 is 1.40 bits per heavy atom. The molecule has 1 aliphatic heterocycles. The molecule has 0 saturated carbocycles. The molecule has 2 atom stereocenters. The van der Waals surface area contributed by atoms with Gasteiger partial charge in [-0.25, -0.2) is 9.97 Å². The monoisotopic (exact) mass is 481 g/mol. The fourth-order valence-electron chi connectivity index (χ4n) is 4.08. The molecule has 1 fully saturated rings. The van der Waals surface area contributed by atoms with E-state index in [2.05, 4.69) is 9.97 Å². The smallest absolute Gasteiger partial charge is 0.225 e. The Hall–Kier alpha value is -3.56. The fraction of sp³-hybridized carbons (Fsp3) is 0.385. The molecule has 0 bridgehead atoms. The summed E-state index contributed by atoms with van der Waals surface area (Å²) in [7, 11) is 6.52. The minimum Gasteiger partial charge on any atom is -0.497 e. The molecule has 1 saturated heterocycles. The lowest BCUT2D eigenvalue weighted by Crippen LogP contribution is -2.25. The van der Waals surface area contributed by atoms with Crippen LogP contribution < -0.4 is 23.8 Å². The van der Waals surface area contributed by atoms with Crippen molar-refractivity contribution in [3.8, 4) is 23.0 Å². The number of aliphatic hydroxyl groups excluding tert-OH is 1. The first-order chi connectivity index (χ1) is 17.0. The van der Waals surface area contributed by atoms with E-state index in [-0.39, 0.29) is 6.10 Å². The number of anilines is 1. The van der Waals surface area contributed by atoms with Crippen LogP contribution in [0.25, 0.3) is 0 Å². The molecule has 4 rings (SSSR count). The maximum atomic E-state index is 9.79. The summed E-state index contributed by atoms with van der Waals surface area (Å²) in [6, 6.07) is 11.5. The van der Waals surface area contributed by atoms with Crippen molar-refractivity contribution in [2.75, 3.05) is 39.9 Å². The highest BCUT2D eigenvalue weighted by Gasteiger charge is 2.26. The lowest BCUT2D eigenvalue weighted by Gasteiger charge is -2.25. The molecule has 9 nitrogen and oxygen atoms in total. The number of rotatable bonds is 10. The highest BCUT2D eigenvalue weighted by Crippen LogP contribution is 2.32. The van der Waals surface area contributed by atoms with Gasteiger partial charge in [-0.1, -0.05) is 0 Å². The largest absolute Gasteiger partial charge is 0.497 e. The molecule has 1 aliphatic rings. The first-order valence-corrected chi connectivity index (χ1v) is 11.3. The van der Waals surface area contributed by atoms with Gasteiger partial charge in [-0.3, -0.25) is 0 Å². The standard InChI is InChI=1S/C26H31N3O6/c1-31-21-7-5-17(23(10-21)33-3)14-29(15-18-6-8-22(32-2)11-24(18)34-4)26-27-12-19(13-28-26)25-9-20(30)16-35-25/h5-8,10-13,20,25,30H,9,14-16H2,1-4H3/t20-,25+/m1/s1. The van der Waals surface area contributed by atoms with Gasteiger partial charge in [-0.15, -0.1) is 0 Å². The number of aromatic nitrogens is 2. The topological polar surface area (TPSA) is 95.4 Å². The summed E-state index contributed by atoms with van der Waals surface area (Å²) in [6.07, 6.45) is 3.40. The first-order valence-electron chi connectivity index (χ1n) is 11.3. The number of aliphatic hydroxyl groups is 1. The zero-order chi connectivity index (χ0) is 24.8. The normalized spacial score (nSPS) is 17.2. The van der Waals surface area contributed by atoms with Crippen molar-refractivity contribution in [1.82, 2.24) is 9.97 Å². The molecule has 186 valence electrons. The van der Waals surface area contributed by atoms with Crippen molar-refractivity contribution in [1.29, 1.82) is 0 Å². The van der Waals surface area contributed by atoms with Crippen molar-refractivity contribution >= 4 is 5.95 Å². The Kier molecular flexibility index (Phi) is 7.89. The van der Waals surface area contributed by atoms with Gasteiger partial charge in [0, 0.05) is 60.7 Å². The SMILES string of the molecule is COc1ccc(CN(Cc2ccc(OC)cc2OC)c2ncc([C@@H]3C[C@@H](O)CO3)cn2)c(OC)c1. The number of hydrogen-bond acceptors (Lipinski definition) is 9. The second-order valence-corrected chi connectivity index (χ2v) is 8.24. The lowest BCUT2D eigenvalue weighted by atomic mass is 10.1. The summed E-state index contributed by atoms with van der Waals surface area (Å²) in [5.41, 5.74) is 2.75. The third-order valence-electron chi connectivity index (χ3n) is 6.00.